The highest BCUT2D eigenvalue weighted by Crippen LogP contribution is 2.45. The molecule has 1 saturated heterocycles. The Balaban J connectivity index is 1.23. The number of hydrogen-bond donors (Lipinski definition) is 0. The standard InChI is InChI=1S/C33H33BFNO7/c1-32(2)33(3,4)43-34(42-32)21-7-6-19(17-36)28(15-21)41-26-13-11-25(35)31-24(26)10-12-27(31)40-22-8-9-23-20(14-30(37)38-5)18-39-29(23)16-22/h6-9,11,13,15-16,20,27H,10,12,14,18H2,1-5H3/t20?,27-/m1/s1. The van der Waals surface area contributed by atoms with Gasteiger partial charge in [0.05, 0.1) is 36.9 Å². The summed E-state index contributed by atoms with van der Waals surface area (Å²) in [6, 6.07) is 15.8. The van der Waals surface area contributed by atoms with E-state index in [0.717, 1.165) is 11.0 Å². The van der Waals surface area contributed by atoms with Gasteiger partial charge in [0.15, 0.2) is 0 Å². The number of nitrogens with zero attached hydrogens (tertiary/aromatic N) is 1. The summed E-state index contributed by atoms with van der Waals surface area (Å²) in [5.74, 6) is 1.24. The van der Waals surface area contributed by atoms with E-state index < -0.39 is 24.4 Å². The minimum atomic E-state index is -0.621. The molecule has 0 aromatic heterocycles. The van der Waals surface area contributed by atoms with Crippen molar-refractivity contribution in [3.8, 4) is 29.1 Å². The Morgan fingerprint density at radius 3 is 2.56 bits per heavy atom. The van der Waals surface area contributed by atoms with E-state index in [2.05, 4.69) is 6.07 Å². The summed E-state index contributed by atoms with van der Waals surface area (Å²) in [4.78, 5) is 11.8. The second kappa shape index (κ2) is 10.9. The van der Waals surface area contributed by atoms with E-state index in [4.69, 9.17) is 28.3 Å². The minimum Gasteiger partial charge on any atom is -0.492 e. The van der Waals surface area contributed by atoms with Crippen LogP contribution in [0.3, 0.4) is 0 Å². The zero-order chi connectivity index (χ0) is 30.5. The molecule has 0 radical (unpaired) electrons. The third-order valence-corrected chi connectivity index (χ3v) is 8.89. The van der Waals surface area contributed by atoms with Gasteiger partial charge in [0.25, 0.3) is 0 Å². The van der Waals surface area contributed by atoms with Crippen molar-refractivity contribution in [3.63, 3.8) is 0 Å². The lowest BCUT2D eigenvalue weighted by molar-refractivity contribution is -0.141. The molecule has 0 bridgehead atoms. The molecule has 3 aromatic carbocycles. The number of methoxy groups -OCH3 is 1. The number of halogens is 1. The Bertz CT molecular complexity index is 1620. The van der Waals surface area contributed by atoms with Gasteiger partial charge in [-0.05, 0) is 76.3 Å². The molecule has 2 atom stereocenters. The quantitative estimate of drug-likeness (QED) is 0.250. The number of benzene rings is 3. The fraction of sp³-hybridized carbons (Fsp3) is 0.394. The number of carbonyl (C=O) groups excluding carboxylic acids is 1. The molecule has 0 N–H and O–H groups in total. The normalized spacial score (nSPS) is 21.0. The van der Waals surface area contributed by atoms with Crippen molar-refractivity contribution in [1.29, 1.82) is 5.26 Å². The Labute approximate surface area is 250 Å². The predicted molar refractivity (Wildman–Crippen MR) is 156 cm³/mol. The van der Waals surface area contributed by atoms with Gasteiger partial charge in [-0.15, -0.1) is 0 Å². The molecule has 3 aliphatic rings. The van der Waals surface area contributed by atoms with Crippen molar-refractivity contribution in [2.75, 3.05) is 13.7 Å². The molecule has 1 unspecified atom stereocenters. The van der Waals surface area contributed by atoms with Crippen LogP contribution in [-0.2, 0) is 25.3 Å². The number of rotatable bonds is 7. The van der Waals surface area contributed by atoms with E-state index >= 15 is 4.39 Å². The smallest absolute Gasteiger partial charge is 0.492 e. The van der Waals surface area contributed by atoms with Crippen LogP contribution in [0.1, 0.15) is 74.8 Å². The van der Waals surface area contributed by atoms with Gasteiger partial charge >= 0.3 is 13.1 Å². The first-order chi connectivity index (χ1) is 20.5. The summed E-state index contributed by atoms with van der Waals surface area (Å²) in [6.07, 6.45) is 0.791. The average Bonchev–Trinajstić information content (AvgIpc) is 3.64. The lowest BCUT2D eigenvalue weighted by atomic mass is 9.78. The van der Waals surface area contributed by atoms with Crippen LogP contribution in [0.25, 0.3) is 0 Å². The molecule has 6 rings (SSSR count). The Morgan fingerprint density at radius 1 is 1.07 bits per heavy atom. The molecule has 222 valence electrons. The van der Waals surface area contributed by atoms with E-state index in [1.165, 1.54) is 13.2 Å². The SMILES string of the molecule is COC(=O)CC1COc2cc(O[C@@H]3CCc4c(Oc5cc(B6OC(C)(C)C(C)(C)O6)ccc5C#N)ccc(F)c43)ccc21. The van der Waals surface area contributed by atoms with Crippen molar-refractivity contribution in [2.45, 2.75) is 70.2 Å². The van der Waals surface area contributed by atoms with Crippen LogP contribution in [0.15, 0.2) is 48.5 Å². The molecule has 0 spiro atoms. The van der Waals surface area contributed by atoms with E-state index in [1.54, 1.807) is 30.3 Å². The fourth-order valence-electron chi connectivity index (χ4n) is 5.76. The highest BCUT2D eigenvalue weighted by molar-refractivity contribution is 6.62. The van der Waals surface area contributed by atoms with Crippen LogP contribution in [0.5, 0.6) is 23.0 Å². The molecule has 8 nitrogen and oxygen atoms in total. The minimum absolute atomic E-state index is 0.0811. The van der Waals surface area contributed by atoms with E-state index in [0.29, 0.717) is 59.1 Å². The Kier molecular flexibility index (Phi) is 7.35. The van der Waals surface area contributed by atoms with Crippen molar-refractivity contribution >= 4 is 18.6 Å². The Morgan fingerprint density at radius 2 is 1.84 bits per heavy atom. The zero-order valence-corrected chi connectivity index (χ0v) is 24.9. The number of carbonyl (C=O) groups is 1. The van der Waals surface area contributed by atoms with Gasteiger partial charge in [0, 0.05) is 28.7 Å². The number of esters is 1. The maximum Gasteiger partial charge on any atom is 0.494 e. The molecular formula is C33H33BFNO7. The lowest BCUT2D eigenvalue weighted by Crippen LogP contribution is -2.41. The van der Waals surface area contributed by atoms with Gasteiger partial charge in [-0.3, -0.25) is 4.79 Å². The largest absolute Gasteiger partial charge is 0.494 e. The van der Waals surface area contributed by atoms with E-state index in [-0.39, 0.29) is 24.1 Å². The summed E-state index contributed by atoms with van der Waals surface area (Å²) in [7, 11) is 0.746. The molecule has 2 aliphatic heterocycles. The van der Waals surface area contributed by atoms with Crippen LogP contribution in [0.2, 0.25) is 0 Å². The van der Waals surface area contributed by atoms with Gasteiger partial charge in [0.1, 0.15) is 41.0 Å². The summed E-state index contributed by atoms with van der Waals surface area (Å²) < 4.78 is 50.8. The van der Waals surface area contributed by atoms with Crippen molar-refractivity contribution in [2.24, 2.45) is 0 Å². The van der Waals surface area contributed by atoms with Crippen LogP contribution < -0.4 is 19.7 Å². The third kappa shape index (κ3) is 5.32. The molecule has 2 heterocycles. The zero-order valence-electron chi connectivity index (χ0n) is 24.9. The molecule has 10 heteroatoms. The van der Waals surface area contributed by atoms with Gasteiger partial charge in [0.2, 0.25) is 0 Å². The molecular weight excluding hydrogens is 552 g/mol. The summed E-state index contributed by atoms with van der Waals surface area (Å²) in [5.41, 5.74) is 2.08. The highest BCUT2D eigenvalue weighted by Gasteiger charge is 2.51. The molecule has 0 amide bonds. The second-order valence-corrected chi connectivity index (χ2v) is 12.1. The van der Waals surface area contributed by atoms with Gasteiger partial charge in [-0.25, -0.2) is 4.39 Å². The Hall–Kier alpha value is -4.07. The maximum atomic E-state index is 15.3. The third-order valence-electron chi connectivity index (χ3n) is 8.89. The monoisotopic (exact) mass is 585 g/mol. The first-order valence-electron chi connectivity index (χ1n) is 14.4. The van der Waals surface area contributed by atoms with Crippen molar-refractivity contribution in [1.82, 2.24) is 0 Å². The van der Waals surface area contributed by atoms with Crippen LogP contribution >= 0.6 is 0 Å². The summed E-state index contributed by atoms with van der Waals surface area (Å²) >= 11 is 0. The highest BCUT2D eigenvalue weighted by atomic mass is 19.1. The molecule has 1 fully saturated rings. The first-order valence-corrected chi connectivity index (χ1v) is 14.4. The maximum absolute atomic E-state index is 15.3. The van der Waals surface area contributed by atoms with E-state index in [9.17, 15) is 10.1 Å². The average molecular weight is 585 g/mol. The topological polar surface area (TPSA) is 96.2 Å². The molecule has 3 aromatic rings. The van der Waals surface area contributed by atoms with Gasteiger partial charge in [-0.2, -0.15) is 5.26 Å². The van der Waals surface area contributed by atoms with E-state index in [1.807, 2.05) is 39.8 Å². The predicted octanol–water partition coefficient (Wildman–Crippen LogP) is 5.89. The number of nitriles is 1. The number of ether oxygens (including phenoxy) is 4. The van der Waals surface area contributed by atoms with Gasteiger partial charge in [-0.1, -0.05) is 12.1 Å². The summed E-state index contributed by atoms with van der Waals surface area (Å²) in [5, 5.41) is 9.80. The first kappa shape index (κ1) is 29.0. The van der Waals surface area contributed by atoms with Gasteiger partial charge < -0.3 is 28.3 Å². The summed E-state index contributed by atoms with van der Waals surface area (Å²) in [6.45, 7) is 8.30. The molecule has 43 heavy (non-hydrogen) atoms. The molecule has 0 saturated carbocycles. The number of hydrogen-bond acceptors (Lipinski definition) is 8. The lowest BCUT2D eigenvalue weighted by Gasteiger charge is -2.32. The van der Waals surface area contributed by atoms with Crippen LogP contribution in [0, 0.1) is 17.1 Å². The number of fused-ring (bicyclic) bond motifs is 2. The van der Waals surface area contributed by atoms with Crippen LogP contribution in [-0.4, -0.2) is 38.0 Å². The fourth-order valence-corrected chi connectivity index (χ4v) is 5.76. The van der Waals surface area contributed by atoms with Crippen molar-refractivity contribution in [3.05, 3.63) is 76.6 Å². The van der Waals surface area contributed by atoms with Crippen LogP contribution in [0.4, 0.5) is 4.39 Å². The molecule has 1 aliphatic carbocycles. The van der Waals surface area contributed by atoms with Crippen molar-refractivity contribution < 1.29 is 37.4 Å². The second-order valence-electron chi connectivity index (χ2n) is 12.1.